The molecule has 0 bridgehead atoms. The number of hydrogen-bond donors (Lipinski definition) is 0. The SMILES string of the molecule is CC(C)CCC(=O)Cc1ccc(F)cc1. The van der Waals surface area contributed by atoms with E-state index in [0.29, 0.717) is 18.8 Å². The molecule has 0 fully saturated rings. The molecule has 0 N–H and O–H groups in total. The smallest absolute Gasteiger partial charge is 0.137 e. The van der Waals surface area contributed by atoms with Crippen LogP contribution in [0, 0.1) is 11.7 Å². The van der Waals surface area contributed by atoms with Crippen LogP contribution in [0.15, 0.2) is 24.3 Å². The third kappa shape index (κ3) is 4.73. The number of ketones is 1. The van der Waals surface area contributed by atoms with Crippen LogP contribution >= 0.6 is 0 Å². The van der Waals surface area contributed by atoms with Gasteiger partial charge in [0, 0.05) is 12.8 Å². The summed E-state index contributed by atoms with van der Waals surface area (Å²) >= 11 is 0. The van der Waals surface area contributed by atoms with Gasteiger partial charge < -0.3 is 0 Å². The van der Waals surface area contributed by atoms with Gasteiger partial charge in [0.05, 0.1) is 0 Å². The summed E-state index contributed by atoms with van der Waals surface area (Å²) in [5.41, 5.74) is 0.894. The van der Waals surface area contributed by atoms with Crippen molar-refractivity contribution in [2.45, 2.75) is 33.1 Å². The molecule has 82 valence electrons. The predicted octanol–water partition coefficient (Wildman–Crippen LogP) is 3.37. The highest BCUT2D eigenvalue weighted by Crippen LogP contribution is 2.08. The molecule has 15 heavy (non-hydrogen) atoms. The van der Waals surface area contributed by atoms with Crippen molar-refractivity contribution in [3.05, 3.63) is 35.6 Å². The van der Waals surface area contributed by atoms with E-state index in [9.17, 15) is 9.18 Å². The van der Waals surface area contributed by atoms with Gasteiger partial charge in [-0.25, -0.2) is 4.39 Å². The summed E-state index contributed by atoms with van der Waals surface area (Å²) in [6, 6.07) is 6.13. The van der Waals surface area contributed by atoms with E-state index in [1.54, 1.807) is 12.1 Å². The lowest BCUT2D eigenvalue weighted by Crippen LogP contribution is -2.04. The molecule has 1 nitrogen and oxygen atoms in total. The number of hydrogen-bond acceptors (Lipinski definition) is 1. The molecule has 0 heterocycles. The molecule has 0 aliphatic carbocycles. The molecule has 1 aromatic rings. The maximum absolute atomic E-state index is 12.6. The van der Waals surface area contributed by atoms with Gasteiger partial charge in [-0.2, -0.15) is 0 Å². The van der Waals surface area contributed by atoms with E-state index in [-0.39, 0.29) is 11.6 Å². The fraction of sp³-hybridized carbons (Fsp3) is 0.462. The molecule has 0 saturated heterocycles. The van der Waals surface area contributed by atoms with Crippen LogP contribution in [0.5, 0.6) is 0 Å². The van der Waals surface area contributed by atoms with Crippen molar-refractivity contribution in [1.82, 2.24) is 0 Å². The topological polar surface area (TPSA) is 17.1 Å². The van der Waals surface area contributed by atoms with Crippen molar-refractivity contribution >= 4 is 5.78 Å². The Hall–Kier alpha value is -1.18. The quantitative estimate of drug-likeness (QED) is 0.725. The third-order valence-corrected chi connectivity index (χ3v) is 2.32. The second-order valence-electron chi connectivity index (χ2n) is 4.27. The Labute approximate surface area is 90.3 Å². The Balaban J connectivity index is 2.41. The molecule has 0 radical (unpaired) electrons. The highest BCUT2D eigenvalue weighted by atomic mass is 19.1. The maximum atomic E-state index is 12.6. The average Bonchev–Trinajstić information content (AvgIpc) is 2.19. The van der Waals surface area contributed by atoms with Crippen molar-refractivity contribution in [3.8, 4) is 0 Å². The summed E-state index contributed by atoms with van der Waals surface area (Å²) in [5.74, 6) is 0.533. The van der Waals surface area contributed by atoms with E-state index >= 15 is 0 Å². The molecule has 0 unspecified atom stereocenters. The largest absolute Gasteiger partial charge is 0.299 e. The minimum atomic E-state index is -0.256. The van der Waals surface area contributed by atoms with Gasteiger partial charge in [0.15, 0.2) is 0 Å². The van der Waals surface area contributed by atoms with Gasteiger partial charge >= 0.3 is 0 Å². The van der Waals surface area contributed by atoms with Crippen molar-refractivity contribution in [1.29, 1.82) is 0 Å². The molecule has 2 heteroatoms. The number of carbonyl (C=O) groups is 1. The van der Waals surface area contributed by atoms with Crippen LogP contribution in [0.2, 0.25) is 0 Å². The number of halogens is 1. The van der Waals surface area contributed by atoms with Crippen LogP contribution in [-0.4, -0.2) is 5.78 Å². The van der Waals surface area contributed by atoms with E-state index in [0.717, 1.165) is 12.0 Å². The third-order valence-electron chi connectivity index (χ3n) is 2.32. The molecule has 0 aromatic heterocycles. The van der Waals surface area contributed by atoms with Gasteiger partial charge in [0.1, 0.15) is 11.6 Å². The van der Waals surface area contributed by atoms with Gasteiger partial charge in [-0.05, 0) is 30.0 Å². The molecule has 0 amide bonds. The van der Waals surface area contributed by atoms with Gasteiger partial charge in [0.25, 0.3) is 0 Å². The van der Waals surface area contributed by atoms with E-state index in [2.05, 4.69) is 13.8 Å². The summed E-state index contributed by atoms with van der Waals surface area (Å²) in [6.45, 7) is 4.20. The fourth-order valence-electron chi connectivity index (χ4n) is 1.37. The second-order valence-corrected chi connectivity index (χ2v) is 4.27. The zero-order valence-corrected chi connectivity index (χ0v) is 9.29. The van der Waals surface area contributed by atoms with Crippen molar-refractivity contribution in [2.75, 3.05) is 0 Å². The standard InChI is InChI=1S/C13H17FO/c1-10(2)3-8-13(15)9-11-4-6-12(14)7-5-11/h4-7,10H,3,8-9H2,1-2H3. The molecular formula is C13H17FO. The minimum absolute atomic E-state index is 0.232. The van der Waals surface area contributed by atoms with Crippen LogP contribution in [0.4, 0.5) is 4.39 Å². The number of carbonyl (C=O) groups excluding carboxylic acids is 1. The van der Waals surface area contributed by atoms with Crippen molar-refractivity contribution in [3.63, 3.8) is 0 Å². The minimum Gasteiger partial charge on any atom is -0.299 e. The molecule has 0 aliphatic rings. The van der Waals surface area contributed by atoms with Crippen LogP contribution in [0.25, 0.3) is 0 Å². The Morgan fingerprint density at radius 3 is 2.40 bits per heavy atom. The highest BCUT2D eigenvalue weighted by molar-refractivity contribution is 5.80. The van der Waals surface area contributed by atoms with E-state index in [4.69, 9.17) is 0 Å². The van der Waals surface area contributed by atoms with Crippen molar-refractivity contribution in [2.24, 2.45) is 5.92 Å². The van der Waals surface area contributed by atoms with Crippen LogP contribution in [-0.2, 0) is 11.2 Å². The van der Waals surface area contributed by atoms with E-state index < -0.39 is 0 Å². The van der Waals surface area contributed by atoms with E-state index in [1.165, 1.54) is 12.1 Å². The number of rotatable bonds is 5. The first-order valence-electron chi connectivity index (χ1n) is 5.34. The highest BCUT2D eigenvalue weighted by Gasteiger charge is 2.05. The summed E-state index contributed by atoms with van der Waals surface area (Å²) in [7, 11) is 0. The molecule has 0 atom stereocenters. The fourth-order valence-corrected chi connectivity index (χ4v) is 1.37. The molecule has 0 spiro atoms. The lowest BCUT2D eigenvalue weighted by molar-refractivity contribution is -0.118. The van der Waals surface area contributed by atoms with Crippen LogP contribution < -0.4 is 0 Å². The lowest BCUT2D eigenvalue weighted by atomic mass is 10.0. The van der Waals surface area contributed by atoms with Gasteiger partial charge in [-0.15, -0.1) is 0 Å². The Kier molecular flexibility index (Phi) is 4.47. The molecular weight excluding hydrogens is 191 g/mol. The van der Waals surface area contributed by atoms with E-state index in [1.807, 2.05) is 0 Å². The molecule has 0 aliphatic heterocycles. The maximum Gasteiger partial charge on any atom is 0.137 e. The summed E-state index contributed by atoms with van der Waals surface area (Å²) in [5, 5.41) is 0. The average molecular weight is 208 g/mol. The van der Waals surface area contributed by atoms with Gasteiger partial charge in [0.2, 0.25) is 0 Å². The second kappa shape index (κ2) is 5.64. The lowest BCUT2D eigenvalue weighted by Gasteiger charge is -2.03. The molecule has 1 rings (SSSR count). The first-order chi connectivity index (χ1) is 7.08. The first-order valence-corrected chi connectivity index (χ1v) is 5.34. The van der Waals surface area contributed by atoms with Crippen LogP contribution in [0.1, 0.15) is 32.3 Å². The predicted molar refractivity (Wildman–Crippen MR) is 59.2 cm³/mol. The zero-order valence-electron chi connectivity index (χ0n) is 9.29. The Bertz CT molecular complexity index is 314. The van der Waals surface area contributed by atoms with Crippen molar-refractivity contribution < 1.29 is 9.18 Å². The van der Waals surface area contributed by atoms with Gasteiger partial charge in [-0.1, -0.05) is 26.0 Å². The number of Topliss-reactive ketones (excluding diaryl/α,β-unsaturated/α-hetero) is 1. The Morgan fingerprint density at radius 2 is 1.87 bits per heavy atom. The summed E-state index contributed by atoms with van der Waals surface area (Å²) in [6.07, 6.45) is 1.97. The first kappa shape index (κ1) is 11.9. The molecule has 1 aromatic carbocycles. The number of benzene rings is 1. The monoisotopic (exact) mass is 208 g/mol. The van der Waals surface area contributed by atoms with Gasteiger partial charge in [-0.3, -0.25) is 4.79 Å². The Morgan fingerprint density at radius 1 is 1.27 bits per heavy atom. The summed E-state index contributed by atoms with van der Waals surface area (Å²) < 4.78 is 12.6. The molecule has 0 saturated carbocycles. The zero-order chi connectivity index (χ0) is 11.3. The normalized spacial score (nSPS) is 10.7. The summed E-state index contributed by atoms with van der Waals surface area (Å²) in [4.78, 5) is 11.5. The van der Waals surface area contributed by atoms with Crippen LogP contribution in [0.3, 0.4) is 0 Å².